The van der Waals surface area contributed by atoms with Crippen molar-refractivity contribution in [2.24, 2.45) is 0 Å². The Morgan fingerprint density at radius 2 is 1.10 bits per heavy atom. The Kier molecular flexibility index (Phi) is 6.28. The summed E-state index contributed by atoms with van der Waals surface area (Å²) in [5.41, 5.74) is 13.9. The quantitative estimate of drug-likeness (QED) is 0.177. The molecule has 0 spiro atoms. The van der Waals surface area contributed by atoms with Crippen molar-refractivity contribution in [3.05, 3.63) is 175 Å². The summed E-state index contributed by atoms with van der Waals surface area (Å²) in [6.07, 6.45) is 6.77. The molecular formula is C48H32N2S. The molecule has 0 aliphatic heterocycles. The third-order valence-electron chi connectivity index (χ3n) is 10.8. The van der Waals surface area contributed by atoms with Gasteiger partial charge in [-0.3, -0.25) is 0 Å². The molecule has 7 aromatic carbocycles. The maximum atomic E-state index is 2.48. The van der Waals surface area contributed by atoms with E-state index in [1.54, 1.807) is 0 Å². The molecule has 0 unspecified atom stereocenters. The van der Waals surface area contributed by atoms with Crippen LogP contribution in [0.5, 0.6) is 0 Å². The number of nitrogens with zero attached hydrogens (tertiary/aromatic N) is 2. The lowest BCUT2D eigenvalue weighted by atomic mass is 9.98. The molecule has 0 N–H and O–H groups in total. The number of rotatable bonds is 4. The largest absolute Gasteiger partial charge is 0.313 e. The predicted octanol–water partition coefficient (Wildman–Crippen LogP) is 13.4. The van der Waals surface area contributed by atoms with Crippen LogP contribution in [0.2, 0.25) is 0 Å². The van der Waals surface area contributed by atoms with E-state index in [9.17, 15) is 0 Å². The van der Waals surface area contributed by atoms with E-state index >= 15 is 0 Å². The minimum Gasteiger partial charge on any atom is -0.313 e. The highest BCUT2D eigenvalue weighted by molar-refractivity contribution is 7.26. The first-order valence-electron chi connectivity index (χ1n) is 17.7. The Morgan fingerprint density at radius 1 is 0.451 bits per heavy atom. The summed E-state index contributed by atoms with van der Waals surface area (Å²) in [5, 5.41) is 6.51. The molecule has 10 aromatic rings. The van der Waals surface area contributed by atoms with Crippen LogP contribution in [0.25, 0.3) is 92.6 Å². The molecule has 0 saturated carbocycles. The first-order valence-corrected chi connectivity index (χ1v) is 18.6. The molecule has 1 aliphatic rings. The topological polar surface area (TPSA) is 9.86 Å². The van der Waals surface area contributed by atoms with E-state index in [1.165, 1.54) is 97.8 Å². The van der Waals surface area contributed by atoms with E-state index < -0.39 is 0 Å². The van der Waals surface area contributed by atoms with E-state index in [2.05, 4.69) is 179 Å². The van der Waals surface area contributed by atoms with E-state index in [-0.39, 0.29) is 0 Å². The Balaban J connectivity index is 1.06. The van der Waals surface area contributed by atoms with Crippen LogP contribution >= 0.6 is 11.3 Å². The van der Waals surface area contributed by atoms with Crippen LogP contribution in [0.3, 0.4) is 0 Å². The lowest BCUT2D eigenvalue weighted by Crippen LogP contribution is -2.02. The lowest BCUT2D eigenvalue weighted by molar-refractivity contribution is 0.888. The molecule has 0 bridgehead atoms. The van der Waals surface area contributed by atoms with E-state index in [0.717, 1.165) is 12.8 Å². The third kappa shape index (κ3) is 4.35. The monoisotopic (exact) mass is 668 g/mol. The summed E-state index contributed by atoms with van der Waals surface area (Å²) >= 11 is 1.89. The van der Waals surface area contributed by atoms with Gasteiger partial charge >= 0.3 is 0 Å². The fourth-order valence-electron chi connectivity index (χ4n) is 8.45. The van der Waals surface area contributed by atoms with Gasteiger partial charge in [-0.25, -0.2) is 0 Å². The van der Waals surface area contributed by atoms with Crippen molar-refractivity contribution in [3.63, 3.8) is 0 Å². The highest BCUT2D eigenvalue weighted by Crippen LogP contribution is 2.42. The smallest absolute Gasteiger partial charge is 0.0640 e. The van der Waals surface area contributed by atoms with Crippen molar-refractivity contribution in [2.75, 3.05) is 0 Å². The predicted molar refractivity (Wildman–Crippen MR) is 219 cm³/mol. The number of aromatic nitrogens is 2. The number of hydrogen-bond acceptors (Lipinski definition) is 1. The van der Waals surface area contributed by atoms with Crippen molar-refractivity contribution < 1.29 is 0 Å². The molecule has 1 aliphatic carbocycles. The van der Waals surface area contributed by atoms with Gasteiger partial charge in [0, 0.05) is 48.6 Å². The fraction of sp³-hybridized carbons (Fsp3) is 0.0417. The molecule has 11 rings (SSSR count). The zero-order valence-corrected chi connectivity index (χ0v) is 28.7. The van der Waals surface area contributed by atoms with Crippen LogP contribution < -0.4 is 0 Å². The van der Waals surface area contributed by atoms with E-state index in [0.29, 0.717) is 0 Å². The number of hydrogen-bond donors (Lipinski definition) is 0. The van der Waals surface area contributed by atoms with Gasteiger partial charge in [0.1, 0.15) is 0 Å². The number of fused-ring (bicyclic) bond motifs is 9. The van der Waals surface area contributed by atoms with Crippen LogP contribution in [0.1, 0.15) is 17.7 Å². The Morgan fingerprint density at radius 3 is 1.94 bits per heavy atom. The summed E-state index contributed by atoms with van der Waals surface area (Å²) < 4.78 is 7.61. The number of benzene rings is 7. The van der Waals surface area contributed by atoms with E-state index in [1.807, 2.05) is 11.3 Å². The first-order chi connectivity index (χ1) is 25.3. The summed E-state index contributed by atoms with van der Waals surface area (Å²) in [4.78, 5) is 0. The van der Waals surface area contributed by atoms with Crippen molar-refractivity contribution in [3.8, 4) is 33.6 Å². The van der Waals surface area contributed by atoms with Crippen molar-refractivity contribution in [1.82, 2.24) is 9.13 Å². The molecule has 0 fully saturated rings. The maximum Gasteiger partial charge on any atom is 0.0640 e. The van der Waals surface area contributed by atoms with Gasteiger partial charge in [0.05, 0.1) is 26.9 Å². The maximum absolute atomic E-state index is 2.48. The third-order valence-corrected chi connectivity index (χ3v) is 12.0. The van der Waals surface area contributed by atoms with Gasteiger partial charge in [-0.15, -0.1) is 11.3 Å². The molecule has 3 heterocycles. The second-order valence-corrected chi connectivity index (χ2v) is 14.7. The highest BCUT2D eigenvalue weighted by atomic mass is 32.1. The molecule has 0 saturated heterocycles. The van der Waals surface area contributed by atoms with Gasteiger partial charge in [-0.2, -0.15) is 0 Å². The molecular weight excluding hydrogens is 637 g/mol. The number of thiophene rings is 1. The SMILES string of the molecule is C1=Cc2c(n(-c3ccc(-c4ccccc4)cc3)c3ccc(-c4ccc5c(c4)c4ccccc4n5-c4cccc5c4sc4ccccc45)cc23)CC1. The van der Waals surface area contributed by atoms with E-state index in [4.69, 9.17) is 0 Å². The van der Waals surface area contributed by atoms with Gasteiger partial charge < -0.3 is 9.13 Å². The Bertz CT molecular complexity index is 3010. The van der Waals surface area contributed by atoms with Gasteiger partial charge in [0.2, 0.25) is 0 Å². The van der Waals surface area contributed by atoms with Crippen LogP contribution in [0, 0.1) is 0 Å². The van der Waals surface area contributed by atoms with Crippen molar-refractivity contribution >= 4 is 70.3 Å². The van der Waals surface area contributed by atoms with Gasteiger partial charge in [-0.05, 0) is 89.7 Å². The van der Waals surface area contributed by atoms with Crippen molar-refractivity contribution in [2.45, 2.75) is 12.8 Å². The van der Waals surface area contributed by atoms with Gasteiger partial charge in [0.25, 0.3) is 0 Å². The zero-order valence-electron chi connectivity index (χ0n) is 27.9. The van der Waals surface area contributed by atoms with Crippen LogP contribution in [0.15, 0.2) is 164 Å². The number of allylic oxidation sites excluding steroid dienone is 1. The highest BCUT2D eigenvalue weighted by Gasteiger charge is 2.21. The summed E-state index contributed by atoms with van der Waals surface area (Å²) in [7, 11) is 0. The van der Waals surface area contributed by atoms with Crippen LogP contribution in [0.4, 0.5) is 0 Å². The van der Waals surface area contributed by atoms with Crippen molar-refractivity contribution in [1.29, 1.82) is 0 Å². The average molecular weight is 669 g/mol. The second kappa shape index (κ2) is 11.2. The van der Waals surface area contributed by atoms with Crippen LogP contribution in [-0.2, 0) is 6.42 Å². The minimum absolute atomic E-state index is 1.04. The minimum atomic E-state index is 1.04. The first kappa shape index (κ1) is 28.7. The Labute approximate surface area is 299 Å². The summed E-state index contributed by atoms with van der Waals surface area (Å²) in [5.74, 6) is 0. The second-order valence-electron chi connectivity index (χ2n) is 13.6. The molecule has 0 radical (unpaired) electrons. The standard InChI is InChI=1S/C48H32N2S/c1-2-11-31(12-3-1)32-21-25-35(26-22-32)49-42-17-7-4-13-36(42)40-29-33(23-27-44(40)49)34-24-28-45-41(30-34)37-14-5-8-18-43(37)50(45)46-19-10-16-39-38-15-6-9-20-47(38)51-48(39)46/h1-6,8-16,18-30H,7,17H2. The summed E-state index contributed by atoms with van der Waals surface area (Å²) in [6, 6.07) is 58.2. The van der Waals surface area contributed by atoms with Gasteiger partial charge in [-0.1, -0.05) is 115 Å². The molecule has 0 atom stereocenters. The van der Waals surface area contributed by atoms with Crippen LogP contribution in [-0.4, -0.2) is 9.13 Å². The lowest BCUT2D eigenvalue weighted by Gasteiger charge is -2.14. The molecule has 0 amide bonds. The molecule has 2 nitrogen and oxygen atoms in total. The Hall–Kier alpha value is -6.16. The molecule has 3 aromatic heterocycles. The number of para-hydroxylation sites is 1. The fourth-order valence-corrected chi connectivity index (χ4v) is 9.66. The molecule has 51 heavy (non-hydrogen) atoms. The van der Waals surface area contributed by atoms with Gasteiger partial charge in [0.15, 0.2) is 0 Å². The zero-order chi connectivity index (χ0) is 33.5. The normalized spacial score (nSPS) is 12.9. The summed E-state index contributed by atoms with van der Waals surface area (Å²) in [6.45, 7) is 0. The molecule has 240 valence electrons. The average Bonchev–Trinajstić information content (AvgIpc) is 3.86. The molecule has 3 heteroatoms.